The van der Waals surface area contributed by atoms with Crippen LogP contribution in [0, 0.1) is 0 Å². The molecule has 0 atom stereocenters. The van der Waals surface area contributed by atoms with Gasteiger partial charge in [-0.25, -0.2) is 0 Å². The second kappa shape index (κ2) is 9.77. The summed E-state index contributed by atoms with van der Waals surface area (Å²) in [5.41, 5.74) is -0.218. The first-order chi connectivity index (χ1) is 4.54. The molecule has 0 aromatic carbocycles. The van der Waals surface area contributed by atoms with E-state index in [1.54, 1.807) is 0 Å². The van der Waals surface area contributed by atoms with Crippen molar-refractivity contribution in [1.82, 2.24) is 0 Å². The molecule has 0 radical (unpaired) electrons. The number of carbonyl (C=O) groups is 2. The Morgan fingerprint density at radius 3 is 1.75 bits per heavy atom. The molecule has 0 aliphatic heterocycles. The van der Waals surface area contributed by atoms with E-state index in [2.05, 4.69) is 6.58 Å². The first-order valence-electron chi connectivity index (χ1n) is 2.63. The smallest absolute Gasteiger partial charge is 0.550 e. The monoisotopic (exact) mass is 188 g/mol. The molecule has 0 saturated heterocycles. The maximum absolute atomic E-state index is 9.89. The Bertz CT molecular complexity index is 178. The van der Waals surface area contributed by atoms with E-state index in [-0.39, 0.29) is 77.5 Å². The number of rotatable bonds is 4. The van der Waals surface area contributed by atoms with Gasteiger partial charge in [0.2, 0.25) is 0 Å². The van der Waals surface area contributed by atoms with Crippen LogP contribution >= 0.6 is 0 Å². The zero-order valence-electron chi connectivity index (χ0n) is 7.25. The van der Waals surface area contributed by atoms with Gasteiger partial charge >= 0.3 is 59.1 Å². The van der Waals surface area contributed by atoms with Crippen LogP contribution in [0.15, 0.2) is 12.2 Å². The molecule has 0 unspecified atom stereocenters. The van der Waals surface area contributed by atoms with Gasteiger partial charge in [-0.1, -0.05) is 6.58 Å². The molecule has 0 aliphatic carbocycles. The minimum absolute atomic E-state index is 0. The van der Waals surface area contributed by atoms with Crippen LogP contribution < -0.4 is 69.3 Å². The average Bonchev–Trinajstić information content (AvgIpc) is 1.82. The standard InChI is InChI=1S/C6H8O4.2Na/c1-4(6(9)10)2-3-5(7)8;;/h1-3H2,(H,7,8)(H,9,10);;/q;2*+1/p-2. The molecule has 0 saturated carbocycles. The zero-order chi connectivity index (χ0) is 8.15. The van der Waals surface area contributed by atoms with Gasteiger partial charge in [-0.3, -0.25) is 0 Å². The van der Waals surface area contributed by atoms with Gasteiger partial charge in [0.15, 0.2) is 0 Å². The Morgan fingerprint density at radius 2 is 1.50 bits per heavy atom. The fourth-order valence-electron chi connectivity index (χ4n) is 0.355. The topological polar surface area (TPSA) is 80.3 Å². The Balaban J connectivity index is -0.000000405. The maximum atomic E-state index is 9.89. The van der Waals surface area contributed by atoms with E-state index in [9.17, 15) is 19.8 Å². The molecule has 0 heterocycles. The van der Waals surface area contributed by atoms with Crippen LogP contribution in [0.2, 0.25) is 0 Å². The van der Waals surface area contributed by atoms with Crippen LogP contribution in [0.4, 0.5) is 0 Å². The van der Waals surface area contributed by atoms with Gasteiger partial charge in [0.05, 0.1) is 5.97 Å². The minimum atomic E-state index is -1.42. The van der Waals surface area contributed by atoms with E-state index < -0.39 is 11.9 Å². The minimum Gasteiger partial charge on any atom is -0.550 e. The molecule has 0 aliphatic rings. The summed E-state index contributed by atoms with van der Waals surface area (Å²) in [5.74, 6) is -2.70. The summed E-state index contributed by atoms with van der Waals surface area (Å²) >= 11 is 0. The molecule has 0 aromatic heterocycles. The van der Waals surface area contributed by atoms with Gasteiger partial charge in [-0.2, -0.15) is 0 Å². The predicted molar refractivity (Wildman–Crippen MR) is 28.4 cm³/mol. The fraction of sp³-hybridized carbons (Fsp3) is 0.333. The van der Waals surface area contributed by atoms with Crippen LogP contribution in [-0.2, 0) is 9.59 Å². The van der Waals surface area contributed by atoms with Crippen molar-refractivity contribution in [1.29, 1.82) is 0 Å². The third kappa shape index (κ3) is 10.7. The number of carboxylic acids is 2. The number of hydrogen-bond donors (Lipinski definition) is 0. The van der Waals surface area contributed by atoms with E-state index >= 15 is 0 Å². The first kappa shape index (κ1) is 18.5. The van der Waals surface area contributed by atoms with E-state index in [4.69, 9.17) is 0 Å². The van der Waals surface area contributed by atoms with Crippen LogP contribution in [0.5, 0.6) is 0 Å². The van der Waals surface area contributed by atoms with Crippen LogP contribution in [0.1, 0.15) is 12.8 Å². The number of carboxylic acid groups (broad SMARTS) is 2. The van der Waals surface area contributed by atoms with Crippen LogP contribution in [0.25, 0.3) is 0 Å². The maximum Gasteiger partial charge on any atom is 1.00 e. The van der Waals surface area contributed by atoms with Gasteiger partial charge in [0.25, 0.3) is 0 Å². The Labute approximate surface area is 115 Å². The molecule has 0 spiro atoms. The zero-order valence-corrected chi connectivity index (χ0v) is 11.3. The van der Waals surface area contributed by atoms with E-state index in [1.807, 2.05) is 0 Å². The second-order valence-electron chi connectivity index (χ2n) is 1.76. The number of carbonyl (C=O) groups excluding carboxylic acids is 2. The number of aliphatic carboxylic acids is 2. The van der Waals surface area contributed by atoms with Crippen molar-refractivity contribution in [3.63, 3.8) is 0 Å². The molecule has 0 N–H and O–H groups in total. The third-order valence-electron chi connectivity index (χ3n) is 0.920. The average molecular weight is 188 g/mol. The van der Waals surface area contributed by atoms with Crippen molar-refractivity contribution in [2.24, 2.45) is 0 Å². The molecule has 12 heavy (non-hydrogen) atoms. The predicted octanol–water partition coefficient (Wildman–Crippen LogP) is -8.17. The van der Waals surface area contributed by atoms with Crippen LogP contribution in [-0.4, -0.2) is 11.9 Å². The van der Waals surface area contributed by atoms with E-state index in [0.29, 0.717) is 0 Å². The summed E-state index contributed by atoms with van der Waals surface area (Å²) in [6.07, 6.45) is -0.447. The summed E-state index contributed by atoms with van der Waals surface area (Å²) in [7, 11) is 0. The summed E-state index contributed by atoms with van der Waals surface area (Å²) in [5, 5.41) is 19.6. The second-order valence-corrected chi connectivity index (χ2v) is 1.76. The quantitative estimate of drug-likeness (QED) is 0.324. The fourth-order valence-corrected chi connectivity index (χ4v) is 0.355. The first-order valence-corrected chi connectivity index (χ1v) is 2.63. The van der Waals surface area contributed by atoms with Gasteiger partial charge in [0, 0.05) is 5.97 Å². The summed E-state index contributed by atoms with van der Waals surface area (Å²) < 4.78 is 0. The van der Waals surface area contributed by atoms with Crippen molar-refractivity contribution in [3.05, 3.63) is 12.2 Å². The van der Waals surface area contributed by atoms with Crippen molar-refractivity contribution >= 4 is 11.9 Å². The van der Waals surface area contributed by atoms with Crippen molar-refractivity contribution in [2.45, 2.75) is 12.8 Å². The van der Waals surface area contributed by atoms with Gasteiger partial charge in [-0.05, 0) is 18.4 Å². The van der Waals surface area contributed by atoms with E-state index in [0.717, 1.165) is 0 Å². The Hall–Kier alpha value is 0.680. The third-order valence-corrected chi connectivity index (χ3v) is 0.920. The largest absolute Gasteiger partial charge is 1.00 e. The summed E-state index contributed by atoms with van der Waals surface area (Å²) in [4.78, 5) is 19.6. The van der Waals surface area contributed by atoms with Gasteiger partial charge in [0.1, 0.15) is 0 Å². The van der Waals surface area contributed by atoms with Gasteiger partial charge in [-0.15, -0.1) is 0 Å². The van der Waals surface area contributed by atoms with Crippen molar-refractivity contribution in [3.8, 4) is 0 Å². The molecule has 4 nitrogen and oxygen atoms in total. The molecule has 0 rings (SSSR count). The van der Waals surface area contributed by atoms with E-state index in [1.165, 1.54) is 0 Å². The SMILES string of the molecule is C=C(CCC(=O)[O-])C(=O)[O-].[Na+].[Na+]. The summed E-state index contributed by atoms with van der Waals surface area (Å²) in [6, 6.07) is 0. The summed E-state index contributed by atoms with van der Waals surface area (Å²) in [6.45, 7) is 3.07. The molecule has 0 amide bonds. The molecule has 56 valence electrons. The van der Waals surface area contributed by atoms with Crippen molar-refractivity contribution < 1.29 is 78.9 Å². The van der Waals surface area contributed by atoms with Crippen molar-refractivity contribution in [2.75, 3.05) is 0 Å². The molecule has 0 fully saturated rings. The molecule has 6 heteroatoms. The molecular weight excluding hydrogens is 182 g/mol. The normalized spacial score (nSPS) is 7.33. The molecule has 0 bridgehead atoms. The Kier molecular flexibility index (Phi) is 15.0. The Morgan fingerprint density at radius 1 is 1.08 bits per heavy atom. The molecule has 0 aromatic rings. The molecular formula is C6H6Na2O4. The number of hydrogen-bond acceptors (Lipinski definition) is 4. The van der Waals surface area contributed by atoms with Crippen LogP contribution in [0.3, 0.4) is 0 Å². The van der Waals surface area contributed by atoms with Gasteiger partial charge < -0.3 is 19.8 Å².